The van der Waals surface area contributed by atoms with Crippen LogP contribution in [0.25, 0.3) is 0 Å². The zero-order valence-electron chi connectivity index (χ0n) is 7.68. The minimum atomic E-state index is 1.04. The van der Waals surface area contributed by atoms with E-state index in [1.165, 1.54) is 19.3 Å². The van der Waals surface area contributed by atoms with Gasteiger partial charge in [-0.3, -0.25) is 4.68 Å². The molecule has 0 spiro atoms. The van der Waals surface area contributed by atoms with Crippen molar-refractivity contribution in [3.8, 4) is 0 Å². The quantitative estimate of drug-likeness (QED) is 0.728. The average Bonchev–Trinajstić information content (AvgIpc) is 2.32. The number of halogens is 1. The molecule has 1 aromatic heterocycles. The number of aryl methyl sites for hydroxylation is 2. The van der Waals surface area contributed by atoms with Gasteiger partial charge in [0.15, 0.2) is 0 Å². The minimum Gasteiger partial charge on any atom is -0.271 e. The first-order valence-corrected chi connectivity index (χ1v) is 5.23. The summed E-state index contributed by atoms with van der Waals surface area (Å²) in [6.45, 7) is 5.27. The van der Waals surface area contributed by atoms with Crippen LogP contribution in [-0.2, 0) is 6.54 Å². The molecule has 0 amide bonds. The Morgan fingerprint density at radius 1 is 1.50 bits per heavy atom. The predicted molar refractivity (Wildman–Crippen MR) is 54.2 cm³/mol. The molecule has 0 aliphatic carbocycles. The summed E-state index contributed by atoms with van der Waals surface area (Å²) < 4.78 is 3.12. The molecule has 0 unspecified atom stereocenters. The van der Waals surface area contributed by atoms with E-state index in [0.29, 0.717) is 0 Å². The van der Waals surface area contributed by atoms with Crippen molar-refractivity contribution >= 4 is 15.9 Å². The number of unbranched alkanes of at least 4 members (excludes halogenated alkanes) is 2. The maximum absolute atomic E-state index is 4.35. The monoisotopic (exact) mass is 230 g/mol. The van der Waals surface area contributed by atoms with E-state index in [4.69, 9.17) is 0 Å². The molecule has 0 saturated carbocycles. The molecule has 68 valence electrons. The van der Waals surface area contributed by atoms with E-state index in [9.17, 15) is 0 Å². The van der Waals surface area contributed by atoms with Crippen molar-refractivity contribution in [3.05, 3.63) is 16.4 Å². The van der Waals surface area contributed by atoms with E-state index in [1.807, 2.05) is 17.8 Å². The number of aromatic nitrogens is 2. The van der Waals surface area contributed by atoms with Crippen molar-refractivity contribution in [3.63, 3.8) is 0 Å². The fraction of sp³-hybridized carbons (Fsp3) is 0.667. The summed E-state index contributed by atoms with van der Waals surface area (Å²) in [5.41, 5.74) is 1.08. The third kappa shape index (κ3) is 2.63. The Balaban J connectivity index is 2.42. The van der Waals surface area contributed by atoms with Gasteiger partial charge in [-0.25, -0.2) is 0 Å². The molecule has 1 aromatic rings. The lowest BCUT2D eigenvalue weighted by atomic mass is 10.2. The second-order valence-corrected chi connectivity index (χ2v) is 3.89. The molecule has 1 rings (SSSR count). The maximum atomic E-state index is 4.35. The lowest BCUT2D eigenvalue weighted by molar-refractivity contribution is 0.550. The summed E-state index contributed by atoms with van der Waals surface area (Å²) in [6.07, 6.45) is 5.83. The van der Waals surface area contributed by atoms with E-state index in [0.717, 1.165) is 16.7 Å². The van der Waals surface area contributed by atoms with Crippen LogP contribution < -0.4 is 0 Å². The number of rotatable bonds is 4. The zero-order chi connectivity index (χ0) is 8.97. The SMILES string of the molecule is CCCCCn1cc(Br)c(C)n1. The normalized spacial score (nSPS) is 10.6. The summed E-state index contributed by atoms with van der Waals surface area (Å²) in [4.78, 5) is 0. The van der Waals surface area contributed by atoms with Crippen molar-refractivity contribution in [1.29, 1.82) is 0 Å². The summed E-state index contributed by atoms with van der Waals surface area (Å²) in [5.74, 6) is 0. The van der Waals surface area contributed by atoms with Crippen LogP contribution >= 0.6 is 15.9 Å². The number of nitrogens with zero attached hydrogens (tertiary/aromatic N) is 2. The molecule has 12 heavy (non-hydrogen) atoms. The van der Waals surface area contributed by atoms with Crippen molar-refractivity contribution in [2.75, 3.05) is 0 Å². The van der Waals surface area contributed by atoms with Crippen LogP contribution in [-0.4, -0.2) is 9.78 Å². The van der Waals surface area contributed by atoms with Crippen LogP contribution in [0.5, 0.6) is 0 Å². The molecule has 0 aliphatic heterocycles. The predicted octanol–water partition coefficient (Wildman–Crippen LogP) is 3.14. The Morgan fingerprint density at radius 3 is 2.75 bits per heavy atom. The Bertz CT molecular complexity index is 223. The topological polar surface area (TPSA) is 17.8 Å². The smallest absolute Gasteiger partial charge is 0.0735 e. The van der Waals surface area contributed by atoms with Gasteiger partial charge >= 0.3 is 0 Å². The molecule has 0 N–H and O–H groups in total. The molecule has 3 heteroatoms. The Morgan fingerprint density at radius 2 is 2.25 bits per heavy atom. The highest BCUT2D eigenvalue weighted by molar-refractivity contribution is 9.10. The van der Waals surface area contributed by atoms with Gasteiger partial charge < -0.3 is 0 Å². The van der Waals surface area contributed by atoms with Gasteiger partial charge in [0.2, 0.25) is 0 Å². The molecular weight excluding hydrogens is 216 g/mol. The molecule has 0 aromatic carbocycles. The van der Waals surface area contributed by atoms with Crippen LogP contribution in [0.2, 0.25) is 0 Å². The second-order valence-electron chi connectivity index (χ2n) is 3.03. The van der Waals surface area contributed by atoms with Gasteiger partial charge in [0.25, 0.3) is 0 Å². The average molecular weight is 231 g/mol. The maximum Gasteiger partial charge on any atom is 0.0735 e. The molecule has 2 nitrogen and oxygen atoms in total. The van der Waals surface area contributed by atoms with Crippen molar-refractivity contribution < 1.29 is 0 Å². The van der Waals surface area contributed by atoms with Crippen LogP contribution in [0, 0.1) is 6.92 Å². The third-order valence-electron chi connectivity index (χ3n) is 1.88. The van der Waals surface area contributed by atoms with Crippen LogP contribution in [0.15, 0.2) is 10.7 Å². The first-order valence-electron chi connectivity index (χ1n) is 4.43. The highest BCUT2D eigenvalue weighted by Gasteiger charge is 1.99. The summed E-state index contributed by atoms with van der Waals surface area (Å²) in [5, 5.41) is 4.35. The van der Waals surface area contributed by atoms with Crippen LogP contribution in [0.3, 0.4) is 0 Å². The van der Waals surface area contributed by atoms with Gasteiger partial charge in [0, 0.05) is 12.7 Å². The van der Waals surface area contributed by atoms with Crippen molar-refractivity contribution in [1.82, 2.24) is 9.78 Å². The zero-order valence-corrected chi connectivity index (χ0v) is 9.26. The van der Waals surface area contributed by atoms with Gasteiger partial charge in [-0.2, -0.15) is 5.10 Å². The van der Waals surface area contributed by atoms with E-state index in [1.54, 1.807) is 0 Å². The van der Waals surface area contributed by atoms with Gasteiger partial charge in [0.05, 0.1) is 10.2 Å². The first-order chi connectivity index (χ1) is 5.74. The molecule has 0 aliphatic rings. The minimum absolute atomic E-state index is 1.04. The number of hydrogen-bond donors (Lipinski definition) is 0. The lowest BCUT2D eigenvalue weighted by Crippen LogP contribution is -1.98. The summed E-state index contributed by atoms with van der Waals surface area (Å²) in [7, 11) is 0. The van der Waals surface area contributed by atoms with E-state index >= 15 is 0 Å². The number of hydrogen-bond acceptors (Lipinski definition) is 1. The molecule has 0 radical (unpaired) electrons. The molecule has 1 heterocycles. The second kappa shape index (κ2) is 4.65. The largest absolute Gasteiger partial charge is 0.271 e. The van der Waals surface area contributed by atoms with Gasteiger partial charge in [-0.05, 0) is 29.3 Å². The van der Waals surface area contributed by atoms with Gasteiger partial charge in [-0.1, -0.05) is 19.8 Å². The third-order valence-corrected chi connectivity index (χ3v) is 2.66. The summed E-state index contributed by atoms with van der Waals surface area (Å²) in [6, 6.07) is 0. The van der Waals surface area contributed by atoms with Gasteiger partial charge in [-0.15, -0.1) is 0 Å². The highest BCUT2D eigenvalue weighted by atomic mass is 79.9. The molecular formula is C9H15BrN2. The van der Waals surface area contributed by atoms with Gasteiger partial charge in [0.1, 0.15) is 0 Å². The molecule has 0 fully saturated rings. The Kier molecular flexibility index (Phi) is 3.79. The van der Waals surface area contributed by atoms with Crippen molar-refractivity contribution in [2.24, 2.45) is 0 Å². The van der Waals surface area contributed by atoms with Crippen LogP contribution in [0.4, 0.5) is 0 Å². The fourth-order valence-corrected chi connectivity index (χ4v) is 1.45. The van der Waals surface area contributed by atoms with Crippen LogP contribution in [0.1, 0.15) is 31.9 Å². The van der Waals surface area contributed by atoms with E-state index < -0.39 is 0 Å². The first kappa shape index (κ1) is 9.78. The molecule has 0 bridgehead atoms. The Hall–Kier alpha value is -0.310. The Labute approximate surface area is 82.1 Å². The fourth-order valence-electron chi connectivity index (χ4n) is 1.13. The van der Waals surface area contributed by atoms with E-state index in [2.05, 4.69) is 28.0 Å². The summed E-state index contributed by atoms with van der Waals surface area (Å²) >= 11 is 3.44. The lowest BCUT2D eigenvalue weighted by Gasteiger charge is -1.98. The molecule has 0 atom stereocenters. The van der Waals surface area contributed by atoms with Crippen molar-refractivity contribution in [2.45, 2.75) is 39.7 Å². The molecule has 0 saturated heterocycles. The standard InChI is InChI=1S/C9H15BrN2/c1-3-4-5-6-12-7-9(10)8(2)11-12/h7H,3-6H2,1-2H3. The van der Waals surface area contributed by atoms with E-state index in [-0.39, 0.29) is 0 Å². The highest BCUT2D eigenvalue weighted by Crippen LogP contribution is 2.13.